The molecule has 0 fully saturated rings. The lowest BCUT2D eigenvalue weighted by Gasteiger charge is -2.24. The molecule has 6 nitrogen and oxygen atoms in total. The average molecular weight is 363 g/mol. The molecule has 1 rings (SSSR count). The number of benzene rings is 1. The SMILES string of the molecule is CCN(CC)c1ccc(NC(=O)C(C)(C)C(=O)NCCCN(C)C)cc1. The molecule has 0 aliphatic carbocycles. The number of hydrogen-bond donors (Lipinski definition) is 2. The Morgan fingerprint density at radius 2 is 1.58 bits per heavy atom. The molecule has 1 aromatic carbocycles. The molecule has 0 bridgehead atoms. The van der Waals surface area contributed by atoms with Crippen LogP contribution in [0.25, 0.3) is 0 Å². The fraction of sp³-hybridized carbons (Fsp3) is 0.600. The van der Waals surface area contributed by atoms with Crippen LogP contribution in [0.4, 0.5) is 11.4 Å². The lowest BCUT2D eigenvalue weighted by atomic mass is 9.91. The number of anilines is 2. The number of hydrogen-bond acceptors (Lipinski definition) is 4. The average Bonchev–Trinajstić information content (AvgIpc) is 2.60. The number of carbonyl (C=O) groups is 2. The lowest BCUT2D eigenvalue weighted by Crippen LogP contribution is -2.45. The second kappa shape index (κ2) is 10.2. The Kier molecular flexibility index (Phi) is 8.58. The van der Waals surface area contributed by atoms with Crippen LogP contribution in [-0.4, -0.2) is 57.0 Å². The normalized spacial score (nSPS) is 11.3. The first kappa shape index (κ1) is 22.0. The van der Waals surface area contributed by atoms with Crippen molar-refractivity contribution in [3.8, 4) is 0 Å². The minimum atomic E-state index is -1.13. The van der Waals surface area contributed by atoms with Crippen LogP contribution in [0.3, 0.4) is 0 Å². The molecule has 0 unspecified atom stereocenters. The molecule has 2 N–H and O–H groups in total. The summed E-state index contributed by atoms with van der Waals surface area (Å²) < 4.78 is 0. The summed E-state index contributed by atoms with van der Waals surface area (Å²) in [6.45, 7) is 10.8. The van der Waals surface area contributed by atoms with Crippen LogP contribution in [0.1, 0.15) is 34.1 Å². The molecule has 0 aliphatic heterocycles. The van der Waals surface area contributed by atoms with Gasteiger partial charge in [0, 0.05) is 31.0 Å². The zero-order chi connectivity index (χ0) is 19.7. The molecular formula is C20H34N4O2. The molecule has 2 amide bonds. The molecule has 0 aliphatic rings. The first-order valence-corrected chi connectivity index (χ1v) is 9.31. The van der Waals surface area contributed by atoms with Gasteiger partial charge in [-0.05, 0) is 79.0 Å². The minimum absolute atomic E-state index is 0.256. The van der Waals surface area contributed by atoms with Gasteiger partial charge in [-0.15, -0.1) is 0 Å². The van der Waals surface area contributed by atoms with Crippen molar-refractivity contribution in [2.24, 2.45) is 5.41 Å². The summed E-state index contributed by atoms with van der Waals surface area (Å²) in [5.41, 5.74) is 0.681. The van der Waals surface area contributed by atoms with Crippen molar-refractivity contribution in [2.45, 2.75) is 34.1 Å². The Morgan fingerprint density at radius 1 is 1.00 bits per heavy atom. The second-order valence-corrected chi connectivity index (χ2v) is 7.21. The number of amides is 2. The van der Waals surface area contributed by atoms with Crippen LogP contribution in [0.15, 0.2) is 24.3 Å². The van der Waals surface area contributed by atoms with Gasteiger partial charge in [-0.1, -0.05) is 0 Å². The molecule has 0 saturated heterocycles. The molecule has 146 valence electrons. The van der Waals surface area contributed by atoms with E-state index in [1.807, 2.05) is 38.4 Å². The first-order valence-electron chi connectivity index (χ1n) is 9.31. The highest BCUT2D eigenvalue weighted by Gasteiger charge is 2.35. The molecule has 0 atom stereocenters. The molecule has 1 aromatic rings. The number of nitrogens with zero attached hydrogens (tertiary/aromatic N) is 2. The standard InChI is InChI=1S/C20H34N4O2/c1-7-24(8-2)17-12-10-16(11-13-17)22-19(26)20(3,4)18(25)21-14-9-15-23(5)6/h10-13H,7-9,14-15H2,1-6H3,(H,21,25)(H,22,26). The number of rotatable bonds is 10. The fourth-order valence-electron chi connectivity index (χ4n) is 2.55. The van der Waals surface area contributed by atoms with Gasteiger partial charge in [0.15, 0.2) is 0 Å². The topological polar surface area (TPSA) is 64.7 Å². The third kappa shape index (κ3) is 6.33. The molecule has 0 heterocycles. The molecule has 0 radical (unpaired) electrons. The molecule has 0 aromatic heterocycles. The molecule has 0 saturated carbocycles. The van der Waals surface area contributed by atoms with Gasteiger partial charge in [0.2, 0.25) is 11.8 Å². The number of nitrogens with one attached hydrogen (secondary N) is 2. The van der Waals surface area contributed by atoms with Crippen LogP contribution < -0.4 is 15.5 Å². The van der Waals surface area contributed by atoms with Gasteiger partial charge in [0.05, 0.1) is 0 Å². The van der Waals surface area contributed by atoms with Gasteiger partial charge in [-0.2, -0.15) is 0 Å². The first-order chi connectivity index (χ1) is 12.2. The highest BCUT2D eigenvalue weighted by Crippen LogP contribution is 2.21. The van der Waals surface area contributed by atoms with Gasteiger partial charge in [-0.3, -0.25) is 9.59 Å². The third-order valence-electron chi connectivity index (χ3n) is 4.46. The van der Waals surface area contributed by atoms with E-state index >= 15 is 0 Å². The van der Waals surface area contributed by atoms with Gasteiger partial charge in [0.1, 0.15) is 5.41 Å². The lowest BCUT2D eigenvalue weighted by molar-refractivity contribution is -0.138. The summed E-state index contributed by atoms with van der Waals surface area (Å²) in [4.78, 5) is 29.2. The van der Waals surface area contributed by atoms with E-state index in [9.17, 15) is 9.59 Å². The van der Waals surface area contributed by atoms with Crippen molar-refractivity contribution in [1.29, 1.82) is 0 Å². The predicted molar refractivity (Wildman–Crippen MR) is 109 cm³/mol. The van der Waals surface area contributed by atoms with Crippen molar-refractivity contribution in [2.75, 3.05) is 50.5 Å². The van der Waals surface area contributed by atoms with E-state index in [-0.39, 0.29) is 11.8 Å². The van der Waals surface area contributed by atoms with Crippen LogP contribution in [-0.2, 0) is 9.59 Å². The summed E-state index contributed by atoms with van der Waals surface area (Å²) in [6, 6.07) is 7.71. The van der Waals surface area contributed by atoms with Crippen molar-refractivity contribution in [3.05, 3.63) is 24.3 Å². The zero-order valence-corrected chi connectivity index (χ0v) is 17.1. The summed E-state index contributed by atoms with van der Waals surface area (Å²) in [5, 5.41) is 5.70. The third-order valence-corrected chi connectivity index (χ3v) is 4.46. The van der Waals surface area contributed by atoms with Crippen molar-refractivity contribution < 1.29 is 9.59 Å². The maximum atomic E-state index is 12.6. The van der Waals surface area contributed by atoms with Crippen LogP contribution in [0.5, 0.6) is 0 Å². The van der Waals surface area contributed by atoms with Crippen molar-refractivity contribution in [3.63, 3.8) is 0 Å². The van der Waals surface area contributed by atoms with E-state index in [1.54, 1.807) is 13.8 Å². The quantitative estimate of drug-likeness (QED) is 0.496. The maximum Gasteiger partial charge on any atom is 0.239 e. The fourth-order valence-corrected chi connectivity index (χ4v) is 2.55. The Balaban J connectivity index is 2.62. The zero-order valence-electron chi connectivity index (χ0n) is 17.1. The molecule has 26 heavy (non-hydrogen) atoms. The van der Waals surface area contributed by atoms with E-state index in [0.29, 0.717) is 12.2 Å². The monoisotopic (exact) mass is 362 g/mol. The van der Waals surface area contributed by atoms with Crippen molar-refractivity contribution >= 4 is 23.2 Å². The smallest absolute Gasteiger partial charge is 0.239 e. The Morgan fingerprint density at radius 3 is 2.08 bits per heavy atom. The van der Waals surface area contributed by atoms with Crippen LogP contribution in [0, 0.1) is 5.41 Å². The summed E-state index contributed by atoms with van der Waals surface area (Å²) in [5.74, 6) is -0.563. The van der Waals surface area contributed by atoms with Gasteiger partial charge in [0.25, 0.3) is 0 Å². The van der Waals surface area contributed by atoms with Gasteiger partial charge < -0.3 is 20.4 Å². The Labute approximate surface area is 157 Å². The van der Waals surface area contributed by atoms with Gasteiger partial charge in [-0.25, -0.2) is 0 Å². The van der Waals surface area contributed by atoms with E-state index in [4.69, 9.17) is 0 Å². The van der Waals surface area contributed by atoms with E-state index < -0.39 is 5.41 Å². The molecule has 6 heteroatoms. The van der Waals surface area contributed by atoms with Crippen molar-refractivity contribution in [1.82, 2.24) is 10.2 Å². The molecule has 0 spiro atoms. The van der Waals surface area contributed by atoms with Crippen LogP contribution in [0.2, 0.25) is 0 Å². The maximum absolute atomic E-state index is 12.6. The Hall–Kier alpha value is -2.08. The predicted octanol–water partition coefficient (Wildman–Crippen LogP) is 2.57. The summed E-state index contributed by atoms with van der Waals surface area (Å²) >= 11 is 0. The van der Waals surface area contributed by atoms with E-state index in [1.165, 1.54) is 0 Å². The summed E-state index contributed by atoms with van der Waals surface area (Å²) in [6.07, 6.45) is 0.850. The minimum Gasteiger partial charge on any atom is -0.372 e. The second-order valence-electron chi connectivity index (χ2n) is 7.21. The molecular weight excluding hydrogens is 328 g/mol. The van der Waals surface area contributed by atoms with Gasteiger partial charge >= 0.3 is 0 Å². The largest absolute Gasteiger partial charge is 0.372 e. The van der Waals surface area contributed by atoms with Crippen LogP contribution >= 0.6 is 0 Å². The van der Waals surface area contributed by atoms with E-state index in [2.05, 4.69) is 34.3 Å². The summed E-state index contributed by atoms with van der Waals surface area (Å²) in [7, 11) is 3.98. The number of carbonyl (C=O) groups excluding carboxylic acids is 2. The highest BCUT2D eigenvalue weighted by molar-refractivity contribution is 6.09. The van der Waals surface area contributed by atoms with E-state index in [0.717, 1.165) is 31.7 Å². The Bertz CT molecular complexity index is 578. The highest BCUT2D eigenvalue weighted by atomic mass is 16.2.